The molecule has 4 nitrogen and oxygen atoms in total. The zero-order valence-corrected chi connectivity index (χ0v) is 12.3. The number of nitrogens with one attached hydrogen (secondary N) is 2. The fraction of sp³-hybridized carbons (Fsp3) is 0.429. The van der Waals surface area contributed by atoms with Crippen LogP contribution < -0.4 is 15.4 Å². The molecule has 0 fully saturated rings. The van der Waals surface area contributed by atoms with E-state index in [4.69, 9.17) is 17.0 Å². The number of hydrogen-bond donors (Lipinski definition) is 2. The van der Waals surface area contributed by atoms with Crippen molar-refractivity contribution in [3.05, 3.63) is 24.3 Å². The number of hydrogen-bond acceptors (Lipinski definition) is 3. The first-order valence-corrected chi connectivity index (χ1v) is 6.75. The van der Waals surface area contributed by atoms with Gasteiger partial charge < -0.3 is 15.4 Å². The van der Waals surface area contributed by atoms with Gasteiger partial charge in [-0.25, -0.2) is 0 Å². The number of carbonyl (C=O) groups excluding carboxylic acids is 1. The van der Waals surface area contributed by atoms with Crippen LogP contribution in [0.2, 0.25) is 0 Å². The summed E-state index contributed by atoms with van der Waals surface area (Å²) in [7, 11) is 0. The van der Waals surface area contributed by atoms with E-state index in [1.54, 1.807) is 0 Å². The molecular formula is C14H20N2O2S. The zero-order chi connectivity index (χ0) is 14.3. The molecule has 0 spiro atoms. The van der Waals surface area contributed by atoms with Crippen LogP contribution in [0.15, 0.2) is 24.3 Å². The third kappa shape index (κ3) is 6.20. The second kappa shape index (κ2) is 7.74. The van der Waals surface area contributed by atoms with Crippen molar-refractivity contribution in [1.29, 1.82) is 0 Å². The van der Waals surface area contributed by atoms with Crippen LogP contribution in [0.25, 0.3) is 0 Å². The van der Waals surface area contributed by atoms with Gasteiger partial charge >= 0.3 is 0 Å². The maximum atomic E-state index is 11.5. The third-order valence-electron chi connectivity index (χ3n) is 2.27. The van der Waals surface area contributed by atoms with Crippen LogP contribution in [0.5, 0.6) is 5.75 Å². The molecule has 0 heterocycles. The summed E-state index contributed by atoms with van der Waals surface area (Å²) >= 11 is 5.07. The van der Waals surface area contributed by atoms with Gasteiger partial charge in [0.15, 0.2) is 5.11 Å². The van der Waals surface area contributed by atoms with Crippen LogP contribution >= 0.6 is 12.2 Å². The largest absolute Gasteiger partial charge is 0.494 e. The molecule has 1 amide bonds. The van der Waals surface area contributed by atoms with E-state index in [2.05, 4.69) is 10.6 Å². The minimum absolute atomic E-state index is 0.0709. The first-order chi connectivity index (χ1) is 9.01. The number of benzene rings is 1. The van der Waals surface area contributed by atoms with Crippen molar-refractivity contribution in [2.45, 2.75) is 27.2 Å². The summed E-state index contributed by atoms with van der Waals surface area (Å²) in [5.74, 6) is 1.05. The molecule has 2 N–H and O–H groups in total. The number of ether oxygens (including phenoxy) is 1. The second-order valence-electron chi connectivity index (χ2n) is 4.56. The standard InChI is InChI=1S/C14H20N2O2S/c1-4-18-12-7-5-11(6-8-12)15-14(19)16-13(17)9-10(2)3/h5-8,10H,4,9H2,1-3H3,(H2,15,16,17,19). The van der Waals surface area contributed by atoms with E-state index in [0.717, 1.165) is 11.4 Å². The molecule has 1 aromatic carbocycles. The van der Waals surface area contributed by atoms with E-state index in [9.17, 15) is 4.79 Å². The van der Waals surface area contributed by atoms with E-state index in [0.29, 0.717) is 24.1 Å². The molecule has 104 valence electrons. The topological polar surface area (TPSA) is 50.4 Å². The van der Waals surface area contributed by atoms with E-state index >= 15 is 0 Å². The van der Waals surface area contributed by atoms with Crippen molar-refractivity contribution in [3.63, 3.8) is 0 Å². The summed E-state index contributed by atoms with van der Waals surface area (Å²) in [4.78, 5) is 11.5. The number of rotatable bonds is 5. The molecule has 0 aliphatic heterocycles. The average Bonchev–Trinajstić information content (AvgIpc) is 2.30. The van der Waals surface area contributed by atoms with Gasteiger partial charge in [-0.1, -0.05) is 13.8 Å². The number of carbonyl (C=O) groups is 1. The molecule has 19 heavy (non-hydrogen) atoms. The Morgan fingerprint density at radius 2 is 1.95 bits per heavy atom. The Hall–Kier alpha value is -1.62. The Balaban J connectivity index is 2.45. The number of thiocarbonyl (C=S) groups is 1. The van der Waals surface area contributed by atoms with Crippen molar-refractivity contribution in [1.82, 2.24) is 5.32 Å². The fourth-order valence-corrected chi connectivity index (χ4v) is 1.74. The average molecular weight is 280 g/mol. The molecule has 0 unspecified atom stereocenters. The quantitative estimate of drug-likeness (QED) is 0.814. The van der Waals surface area contributed by atoms with E-state index in [-0.39, 0.29) is 5.91 Å². The predicted molar refractivity (Wildman–Crippen MR) is 81.4 cm³/mol. The van der Waals surface area contributed by atoms with Crippen molar-refractivity contribution < 1.29 is 9.53 Å². The van der Waals surface area contributed by atoms with Gasteiger partial charge in [-0.3, -0.25) is 4.79 Å². The minimum Gasteiger partial charge on any atom is -0.494 e. The van der Waals surface area contributed by atoms with Gasteiger partial charge in [0.2, 0.25) is 5.91 Å². The Kier molecular flexibility index (Phi) is 6.29. The van der Waals surface area contributed by atoms with Crippen LogP contribution in [0.4, 0.5) is 5.69 Å². The molecule has 5 heteroatoms. The molecule has 0 saturated carbocycles. The van der Waals surface area contributed by atoms with Gasteiger partial charge in [0.25, 0.3) is 0 Å². The Morgan fingerprint density at radius 3 is 2.47 bits per heavy atom. The summed E-state index contributed by atoms with van der Waals surface area (Å²) < 4.78 is 5.34. The minimum atomic E-state index is -0.0709. The molecule has 0 aromatic heterocycles. The highest BCUT2D eigenvalue weighted by Gasteiger charge is 2.07. The van der Waals surface area contributed by atoms with Gasteiger partial charge in [0.1, 0.15) is 5.75 Å². The molecule has 1 aromatic rings. The van der Waals surface area contributed by atoms with Crippen LogP contribution in [-0.2, 0) is 4.79 Å². The molecule has 0 aliphatic carbocycles. The van der Waals surface area contributed by atoms with E-state index in [1.165, 1.54) is 0 Å². The number of amides is 1. The third-order valence-corrected chi connectivity index (χ3v) is 2.47. The van der Waals surface area contributed by atoms with Crippen LogP contribution in [-0.4, -0.2) is 17.6 Å². The lowest BCUT2D eigenvalue weighted by atomic mass is 10.1. The fourth-order valence-electron chi connectivity index (χ4n) is 1.51. The van der Waals surface area contributed by atoms with Crippen LogP contribution in [0, 0.1) is 5.92 Å². The molecule has 0 bridgehead atoms. The van der Waals surface area contributed by atoms with Gasteiger partial charge in [-0.2, -0.15) is 0 Å². The lowest BCUT2D eigenvalue weighted by molar-refractivity contribution is -0.120. The number of anilines is 1. The summed E-state index contributed by atoms with van der Waals surface area (Å²) in [5, 5.41) is 5.92. The first kappa shape index (κ1) is 15.4. The van der Waals surface area contributed by atoms with Crippen LogP contribution in [0.3, 0.4) is 0 Å². The summed E-state index contributed by atoms with van der Waals surface area (Å²) in [6, 6.07) is 7.41. The summed E-state index contributed by atoms with van der Waals surface area (Å²) in [6.45, 7) is 6.55. The highest BCUT2D eigenvalue weighted by molar-refractivity contribution is 7.80. The lowest BCUT2D eigenvalue weighted by Crippen LogP contribution is -2.34. The Bertz CT molecular complexity index is 430. The molecule has 0 radical (unpaired) electrons. The predicted octanol–water partition coefficient (Wildman–Crippen LogP) is 2.94. The van der Waals surface area contributed by atoms with Gasteiger partial charge in [-0.05, 0) is 49.3 Å². The van der Waals surface area contributed by atoms with E-state index < -0.39 is 0 Å². The smallest absolute Gasteiger partial charge is 0.226 e. The molecule has 0 saturated heterocycles. The maximum absolute atomic E-state index is 11.5. The zero-order valence-electron chi connectivity index (χ0n) is 11.5. The van der Waals surface area contributed by atoms with Gasteiger partial charge in [0.05, 0.1) is 6.61 Å². The van der Waals surface area contributed by atoms with Crippen LogP contribution in [0.1, 0.15) is 27.2 Å². The molecule has 1 rings (SSSR count). The Labute approximate surface area is 119 Å². The SMILES string of the molecule is CCOc1ccc(NC(=S)NC(=O)CC(C)C)cc1. The molecule has 0 aliphatic rings. The molecular weight excluding hydrogens is 260 g/mol. The van der Waals surface area contributed by atoms with Gasteiger partial charge in [0, 0.05) is 12.1 Å². The van der Waals surface area contributed by atoms with Crippen molar-refractivity contribution in [3.8, 4) is 5.75 Å². The normalized spacial score (nSPS) is 10.1. The first-order valence-electron chi connectivity index (χ1n) is 6.35. The Morgan fingerprint density at radius 1 is 1.32 bits per heavy atom. The maximum Gasteiger partial charge on any atom is 0.226 e. The van der Waals surface area contributed by atoms with Gasteiger partial charge in [-0.15, -0.1) is 0 Å². The van der Waals surface area contributed by atoms with E-state index in [1.807, 2.05) is 45.0 Å². The molecule has 0 atom stereocenters. The lowest BCUT2D eigenvalue weighted by Gasteiger charge is -2.11. The summed E-state index contributed by atoms with van der Waals surface area (Å²) in [5.41, 5.74) is 0.818. The monoisotopic (exact) mass is 280 g/mol. The second-order valence-corrected chi connectivity index (χ2v) is 4.97. The van der Waals surface area contributed by atoms with Crippen molar-refractivity contribution in [2.24, 2.45) is 5.92 Å². The van der Waals surface area contributed by atoms with Crippen molar-refractivity contribution >= 4 is 28.9 Å². The highest BCUT2D eigenvalue weighted by Crippen LogP contribution is 2.15. The highest BCUT2D eigenvalue weighted by atomic mass is 32.1. The summed E-state index contributed by atoms with van der Waals surface area (Å²) in [6.07, 6.45) is 0.463. The van der Waals surface area contributed by atoms with Crippen molar-refractivity contribution in [2.75, 3.05) is 11.9 Å².